The number of carbonyl (C=O) groups is 1. The van der Waals surface area contributed by atoms with Gasteiger partial charge in [0, 0.05) is 18.8 Å². The van der Waals surface area contributed by atoms with E-state index in [1.54, 1.807) is 19.2 Å². The van der Waals surface area contributed by atoms with Crippen LogP contribution in [0.4, 0.5) is 16.2 Å². The van der Waals surface area contributed by atoms with Crippen molar-refractivity contribution in [1.29, 1.82) is 0 Å². The topological polar surface area (TPSA) is 87.7 Å². The van der Waals surface area contributed by atoms with E-state index >= 15 is 0 Å². The van der Waals surface area contributed by atoms with Crippen LogP contribution < -0.4 is 19.7 Å². The number of rotatable bonds is 5. The van der Waals surface area contributed by atoms with Crippen LogP contribution in [0.5, 0.6) is 5.75 Å². The lowest BCUT2D eigenvalue weighted by Gasteiger charge is -2.17. The number of carbonyl (C=O) groups excluding carboxylic acids is 1. The second-order valence-corrected chi connectivity index (χ2v) is 7.99. The summed E-state index contributed by atoms with van der Waals surface area (Å²) in [4.78, 5) is 12.1. The third-order valence-corrected chi connectivity index (χ3v) is 5.39. The van der Waals surface area contributed by atoms with Crippen molar-refractivity contribution >= 4 is 27.4 Å². The minimum atomic E-state index is -3.32. The Morgan fingerprint density at radius 1 is 1.19 bits per heavy atom. The standard InChI is InChI=1S/C18H21N3O4S/c1-25-16-7-3-13(4-8-16)12-19-18(22)20-15-6-5-14-9-10-21(17(14)11-15)26(2,23)24/h3-8,11H,9-10,12H2,1-2H3,(H2,19,20,22). The van der Waals surface area contributed by atoms with Crippen LogP contribution in [0.25, 0.3) is 0 Å². The Kier molecular flexibility index (Phi) is 5.03. The zero-order valence-corrected chi connectivity index (χ0v) is 15.5. The van der Waals surface area contributed by atoms with Gasteiger partial charge < -0.3 is 15.4 Å². The summed E-state index contributed by atoms with van der Waals surface area (Å²) in [5, 5.41) is 5.51. The Hall–Kier alpha value is -2.74. The molecule has 0 unspecified atom stereocenters. The van der Waals surface area contributed by atoms with Crippen LogP contribution in [0.3, 0.4) is 0 Å². The summed E-state index contributed by atoms with van der Waals surface area (Å²) in [6.45, 7) is 0.803. The van der Waals surface area contributed by atoms with Crippen molar-refractivity contribution in [3.8, 4) is 5.75 Å². The zero-order chi connectivity index (χ0) is 18.7. The van der Waals surface area contributed by atoms with Gasteiger partial charge in [0.2, 0.25) is 10.0 Å². The molecule has 0 bridgehead atoms. The number of fused-ring (bicyclic) bond motifs is 1. The fraction of sp³-hybridized carbons (Fsp3) is 0.278. The molecule has 138 valence electrons. The van der Waals surface area contributed by atoms with Crippen LogP contribution in [0.2, 0.25) is 0 Å². The minimum absolute atomic E-state index is 0.357. The lowest BCUT2D eigenvalue weighted by atomic mass is 10.1. The molecular weight excluding hydrogens is 354 g/mol. The maximum absolute atomic E-state index is 12.1. The van der Waals surface area contributed by atoms with Gasteiger partial charge in [0.25, 0.3) is 0 Å². The van der Waals surface area contributed by atoms with Gasteiger partial charge in [-0.05, 0) is 41.8 Å². The van der Waals surface area contributed by atoms with Gasteiger partial charge in [-0.1, -0.05) is 18.2 Å². The number of hydrogen-bond donors (Lipinski definition) is 2. The fourth-order valence-electron chi connectivity index (χ4n) is 2.87. The van der Waals surface area contributed by atoms with Crippen molar-refractivity contribution in [2.24, 2.45) is 0 Å². The van der Waals surface area contributed by atoms with Gasteiger partial charge in [0.15, 0.2) is 0 Å². The van der Waals surface area contributed by atoms with Crippen molar-refractivity contribution in [3.63, 3.8) is 0 Å². The minimum Gasteiger partial charge on any atom is -0.497 e. The molecule has 0 saturated carbocycles. The third kappa shape index (κ3) is 4.08. The number of anilines is 2. The molecule has 0 aliphatic carbocycles. The Morgan fingerprint density at radius 2 is 1.92 bits per heavy atom. The molecule has 0 fully saturated rings. The molecule has 1 aliphatic heterocycles. The quantitative estimate of drug-likeness (QED) is 0.840. The first-order valence-corrected chi connectivity index (χ1v) is 10.00. The summed E-state index contributed by atoms with van der Waals surface area (Å²) in [7, 11) is -1.72. The van der Waals surface area contributed by atoms with Gasteiger partial charge >= 0.3 is 6.03 Å². The molecule has 0 spiro atoms. The van der Waals surface area contributed by atoms with Gasteiger partial charge in [-0.25, -0.2) is 13.2 Å². The number of hydrogen-bond acceptors (Lipinski definition) is 4. The highest BCUT2D eigenvalue weighted by atomic mass is 32.2. The number of benzene rings is 2. The second-order valence-electron chi connectivity index (χ2n) is 6.08. The van der Waals surface area contributed by atoms with Gasteiger partial charge in [-0.15, -0.1) is 0 Å². The van der Waals surface area contributed by atoms with Gasteiger partial charge in [-0.2, -0.15) is 0 Å². The van der Waals surface area contributed by atoms with E-state index in [0.29, 0.717) is 30.9 Å². The predicted molar refractivity (Wildman–Crippen MR) is 101 cm³/mol. The van der Waals surface area contributed by atoms with Crippen molar-refractivity contribution in [2.45, 2.75) is 13.0 Å². The molecule has 0 radical (unpaired) electrons. The van der Waals surface area contributed by atoms with Crippen molar-refractivity contribution in [2.75, 3.05) is 29.5 Å². The highest BCUT2D eigenvalue weighted by molar-refractivity contribution is 7.92. The summed E-state index contributed by atoms with van der Waals surface area (Å²) in [6.07, 6.45) is 1.86. The first-order chi connectivity index (χ1) is 12.4. The largest absolute Gasteiger partial charge is 0.497 e. The van der Waals surface area contributed by atoms with E-state index in [1.807, 2.05) is 30.3 Å². The van der Waals surface area contributed by atoms with E-state index in [4.69, 9.17) is 4.74 Å². The molecule has 2 amide bonds. The zero-order valence-electron chi connectivity index (χ0n) is 14.7. The van der Waals surface area contributed by atoms with Gasteiger partial charge in [0.05, 0.1) is 19.1 Å². The number of ether oxygens (including phenoxy) is 1. The lowest BCUT2D eigenvalue weighted by Crippen LogP contribution is -2.29. The molecule has 8 heteroatoms. The molecule has 2 aromatic rings. The smallest absolute Gasteiger partial charge is 0.319 e. The lowest BCUT2D eigenvalue weighted by molar-refractivity contribution is 0.251. The summed E-state index contributed by atoms with van der Waals surface area (Å²) in [5.41, 5.74) is 3.07. The monoisotopic (exact) mass is 375 g/mol. The Labute approximate surface area is 153 Å². The SMILES string of the molecule is COc1ccc(CNC(=O)Nc2ccc3c(c2)N(S(C)(=O)=O)CC3)cc1. The van der Waals surface area contributed by atoms with Crippen LogP contribution in [0, 0.1) is 0 Å². The van der Waals surface area contributed by atoms with E-state index in [9.17, 15) is 13.2 Å². The van der Waals surface area contributed by atoms with Gasteiger partial charge in [0.1, 0.15) is 5.75 Å². The molecule has 1 aliphatic rings. The fourth-order valence-corrected chi connectivity index (χ4v) is 3.82. The molecule has 0 atom stereocenters. The van der Waals surface area contributed by atoms with E-state index in [2.05, 4.69) is 10.6 Å². The Bertz CT molecular complexity index is 911. The van der Waals surface area contributed by atoms with Gasteiger partial charge in [-0.3, -0.25) is 4.31 Å². The van der Waals surface area contributed by atoms with Crippen molar-refractivity contribution in [3.05, 3.63) is 53.6 Å². The summed E-state index contributed by atoms with van der Waals surface area (Å²) < 4.78 is 30.2. The number of amides is 2. The normalized spacial score (nSPS) is 13.2. The molecule has 1 heterocycles. The summed E-state index contributed by atoms with van der Waals surface area (Å²) in [6, 6.07) is 12.4. The molecule has 26 heavy (non-hydrogen) atoms. The molecule has 3 rings (SSSR count). The number of methoxy groups -OCH3 is 1. The average molecular weight is 375 g/mol. The second kappa shape index (κ2) is 7.25. The third-order valence-electron chi connectivity index (χ3n) is 4.21. The maximum atomic E-state index is 12.1. The molecule has 0 saturated heterocycles. The Morgan fingerprint density at radius 3 is 2.58 bits per heavy atom. The van der Waals surface area contributed by atoms with Crippen LogP contribution in [-0.2, 0) is 23.0 Å². The van der Waals surface area contributed by atoms with Crippen LogP contribution in [0.1, 0.15) is 11.1 Å². The number of nitrogens with zero attached hydrogens (tertiary/aromatic N) is 1. The van der Waals surface area contributed by atoms with Crippen LogP contribution in [-0.4, -0.2) is 34.4 Å². The van der Waals surface area contributed by atoms with E-state index in [1.165, 1.54) is 10.6 Å². The maximum Gasteiger partial charge on any atom is 0.319 e. The molecule has 2 N–H and O–H groups in total. The summed E-state index contributed by atoms with van der Waals surface area (Å²) in [5.74, 6) is 0.756. The van der Waals surface area contributed by atoms with E-state index in [0.717, 1.165) is 16.9 Å². The molecule has 7 nitrogen and oxygen atoms in total. The average Bonchev–Trinajstić information content (AvgIpc) is 3.04. The van der Waals surface area contributed by atoms with Crippen molar-refractivity contribution < 1.29 is 17.9 Å². The number of urea groups is 1. The first-order valence-electron chi connectivity index (χ1n) is 8.15. The Balaban J connectivity index is 1.63. The molecule has 2 aromatic carbocycles. The number of sulfonamides is 1. The van der Waals surface area contributed by atoms with Crippen LogP contribution >= 0.6 is 0 Å². The van der Waals surface area contributed by atoms with Crippen LogP contribution in [0.15, 0.2) is 42.5 Å². The number of nitrogens with one attached hydrogen (secondary N) is 2. The molecular formula is C18H21N3O4S. The summed E-state index contributed by atoms with van der Waals surface area (Å²) >= 11 is 0. The van der Waals surface area contributed by atoms with E-state index < -0.39 is 10.0 Å². The van der Waals surface area contributed by atoms with Crippen molar-refractivity contribution in [1.82, 2.24) is 5.32 Å². The van der Waals surface area contributed by atoms with E-state index in [-0.39, 0.29) is 6.03 Å². The first kappa shape index (κ1) is 18.1. The highest BCUT2D eigenvalue weighted by Gasteiger charge is 2.26. The molecule has 0 aromatic heterocycles. The highest BCUT2D eigenvalue weighted by Crippen LogP contribution is 2.32. The predicted octanol–water partition coefficient (Wildman–Crippen LogP) is 2.34.